The van der Waals surface area contributed by atoms with Gasteiger partial charge in [0.05, 0.1) is 0 Å². The van der Waals surface area contributed by atoms with E-state index in [1.807, 2.05) is 18.9 Å². The minimum absolute atomic E-state index is 0.310. The number of carboxylic acid groups (broad SMARTS) is 1. The number of hydrogen-bond donors (Lipinski definition) is 1. The summed E-state index contributed by atoms with van der Waals surface area (Å²) in [4.78, 5) is 12.9. The van der Waals surface area contributed by atoms with E-state index in [0.717, 1.165) is 5.92 Å². The number of likely N-dealkylation sites (N-methyl/N-ethyl adjacent to an activating group) is 1. The molecule has 0 aliphatic heterocycles. The maximum absolute atomic E-state index is 10.9. The first-order valence-corrected chi connectivity index (χ1v) is 5.02. The highest BCUT2D eigenvalue weighted by molar-refractivity contribution is 5.73. The van der Waals surface area contributed by atoms with Gasteiger partial charge in [0.25, 0.3) is 0 Å². The molecule has 0 heterocycles. The van der Waals surface area contributed by atoms with Crippen LogP contribution in [0.2, 0.25) is 0 Å². The van der Waals surface area contributed by atoms with Crippen LogP contribution in [0.5, 0.6) is 0 Å². The van der Waals surface area contributed by atoms with Gasteiger partial charge in [0.15, 0.2) is 0 Å². The highest BCUT2D eigenvalue weighted by Crippen LogP contribution is 2.35. The van der Waals surface area contributed by atoms with E-state index in [0.29, 0.717) is 12.5 Å². The smallest absolute Gasteiger partial charge is 0.320 e. The molecule has 1 N–H and O–H groups in total. The van der Waals surface area contributed by atoms with Crippen LogP contribution in [-0.2, 0) is 4.79 Å². The van der Waals surface area contributed by atoms with Gasteiger partial charge in [-0.05, 0) is 39.2 Å². The van der Waals surface area contributed by atoms with Gasteiger partial charge < -0.3 is 5.11 Å². The predicted molar refractivity (Wildman–Crippen MR) is 51.7 cm³/mol. The van der Waals surface area contributed by atoms with Gasteiger partial charge in [-0.15, -0.1) is 0 Å². The molecule has 0 aromatic heterocycles. The van der Waals surface area contributed by atoms with Crippen molar-refractivity contribution in [2.24, 2.45) is 5.92 Å². The molecule has 1 saturated carbocycles. The van der Waals surface area contributed by atoms with Crippen molar-refractivity contribution >= 4 is 5.97 Å². The zero-order valence-electron chi connectivity index (χ0n) is 8.66. The van der Waals surface area contributed by atoms with Gasteiger partial charge in [0.1, 0.15) is 6.04 Å². The van der Waals surface area contributed by atoms with Crippen LogP contribution in [0.15, 0.2) is 0 Å². The summed E-state index contributed by atoms with van der Waals surface area (Å²) >= 11 is 0. The van der Waals surface area contributed by atoms with Gasteiger partial charge >= 0.3 is 5.97 Å². The molecule has 0 saturated heterocycles. The van der Waals surface area contributed by atoms with E-state index in [9.17, 15) is 4.79 Å². The van der Waals surface area contributed by atoms with Crippen LogP contribution in [0.4, 0.5) is 0 Å². The number of aliphatic carboxylic acids is 1. The standard InChI is InChI=1S/C10H19NO2/c1-4-9(10(12)13)11(3)7(2)8-5-6-8/h7-9H,4-6H2,1-3H3,(H,12,13). The summed E-state index contributed by atoms with van der Waals surface area (Å²) in [6, 6.07) is 0.108. The second kappa shape index (κ2) is 4.09. The number of nitrogens with zero attached hydrogens (tertiary/aromatic N) is 1. The molecule has 0 aromatic carbocycles. The molecular formula is C10H19NO2. The van der Waals surface area contributed by atoms with Crippen LogP contribution >= 0.6 is 0 Å². The quantitative estimate of drug-likeness (QED) is 0.707. The number of rotatable bonds is 5. The molecule has 3 nitrogen and oxygen atoms in total. The lowest BCUT2D eigenvalue weighted by atomic mass is 10.1. The number of carboxylic acids is 1. The van der Waals surface area contributed by atoms with Crippen molar-refractivity contribution in [2.45, 2.75) is 45.2 Å². The Bertz CT molecular complexity index is 189. The second-order valence-electron chi connectivity index (χ2n) is 4.01. The highest BCUT2D eigenvalue weighted by atomic mass is 16.4. The van der Waals surface area contributed by atoms with E-state index in [4.69, 9.17) is 5.11 Å². The van der Waals surface area contributed by atoms with Crippen molar-refractivity contribution in [3.05, 3.63) is 0 Å². The average molecular weight is 185 g/mol. The highest BCUT2D eigenvalue weighted by Gasteiger charge is 2.34. The van der Waals surface area contributed by atoms with Gasteiger partial charge in [0.2, 0.25) is 0 Å². The molecule has 1 aliphatic carbocycles. The van der Waals surface area contributed by atoms with Crippen LogP contribution < -0.4 is 0 Å². The predicted octanol–water partition coefficient (Wildman–Crippen LogP) is 1.58. The Morgan fingerprint density at radius 3 is 2.46 bits per heavy atom. The summed E-state index contributed by atoms with van der Waals surface area (Å²) in [7, 11) is 1.92. The third-order valence-corrected chi connectivity index (χ3v) is 3.11. The van der Waals surface area contributed by atoms with Crippen molar-refractivity contribution < 1.29 is 9.90 Å². The summed E-state index contributed by atoms with van der Waals surface area (Å²) in [5.41, 5.74) is 0. The summed E-state index contributed by atoms with van der Waals surface area (Å²) in [6.07, 6.45) is 3.21. The molecule has 0 aromatic rings. The molecule has 2 atom stereocenters. The second-order valence-corrected chi connectivity index (χ2v) is 4.01. The SMILES string of the molecule is CCC(C(=O)O)N(C)C(C)C1CC1. The van der Waals surface area contributed by atoms with Crippen LogP contribution in [0.1, 0.15) is 33.1 Å². The maximum Gasteiger partial charge on any atom is 0.320 e. The Kier molecular flexibility index (Phi) is 3.31. The fraction of sp³-hybridized carbons (Fsp3) is 0.900. The zero-order chi connectivity index (χ0) is 10.0. The fourth-order valence-corrected chi connectivity index (χ4v) is 1.83. The van der Waals surface area contributed by atoms with Crippen molar-refractivity contribution in [1.82, 2.24) is 4.90 Å². The average Bonchev–Trinajstić information content (AvgIpc) is 2.85. The number of carbonyl (C=O) groups is 1. The Morgan fingerprint density at radius 2 is 2.15 bits per heavy atom. The van der Waals surface area contributed by atoms with Crippen LogP contribution in [-0.4, -0.2) is 35.1 Å². The number of hydrogen-bond acceptors (Lipinski definition) is 2. The minimum atomic E-state index is -0.697. The first kappa shape index (κ1) is 10.5. The van der Waals surface area contributed by atoms with Crippen LogP contribution in [0.3, 0.4) is 0 Å². The molecule has 0 amide bonds. The first-order valence-electron chi connectivity index (χ1n) is 5.02. The first-order chi connectivity index (χ1) is 6.07. The molecule has 1 rings (SSSR count). The lowest BCUT2D eigenvalue weighted by Gasteiger charge is -2.29. The molecule has 13 heavy (non-hydrogen) atoms. The lowest BCUT2D eigenvalue weighted by Crippen LogP contribution is -2.44. The fourth-order valence-electron chi connectivity index (χ4n) is 1.83. The molecule has 0 spiro atoms. The largest absolute Gasteiger partial charge is 0.480 e. The Balaban J connectivity index is 2.51. The van der Waals surface area contributed by atoms with Gasteiger partial charge in [-0.25, -0.2) is 0 Å². The molecule has 1 aliphatic rings. The molecule has 3 heteroatoms. The van der Waals surface area contributed by atoms with E-state index in [2.05, 4.69) is 6.92 Å². The van der Waals surface area contributed by atoms with Gasteiger partial charge in [-0.1, -0.05) is 6.92 Å². The Hall–Kier alpha value is -0.570. The van der Waals surface area contributed by atoms with Gasteiger partial charge in [-0.3, -0.25) is 9.69 Å². The molecule has 1 fully saturated rings. The van der Waals surface area contributed by atoms with Gasteiger partial charge in [-0.2, -0.15) is 0 Å². The molecule has 0 bridgehead atoms. The van der Waals surface area contributed by atoms with Crippen molar-refractivity contribution in [2.75, 3.05) is 7.05 Å². The molecule has 76 valence electrons. The van der Waals surface area contributed by atoms with E-state index < -0.39 is 5.97 Å². The zero-order valence-corrected chi connectivity index (χ0v) is 8.66. The summed E-state index contributed by atoms with van der Waals surface area (Å²) < 4.78 is 0. The Labute approximate surface area is 79.7 Å². The van der Waals surface area contributed by atoms with Crippen LogP contribution in [0, 0.1) is 5.92 Å². The topological polar surface area (TPSA) is 40.5 Å². The van der Waals surface area contributed by atoms with Crippen molar-refractivity contribution in [1.29, 1.82) is 0 Å². The lowest BCUT2D eigenvalue weighted by molar-refractivity contribution is -0.143. The van der Waals surface area contributed by atoms with Crippen molar-refractivity contribution in [3.8, 4) is 0 Å². The monoisotopic (exact) mass is 185 g/mol. The molecule has 0 radical (unpaired) electrons. The summed E-state index contributed by atoms with van der Waals surface area (Å²) in [5, 5.41) is 8.95. The normalized spacial score (nSPS) is 21.5. The van der Waals surface area contributed by atoms with E-state index in [1.54, 1.807) is 0 Å². The van der Waals surface area contributed by atoms with E-state index >= 15 is 0 Å². The van der Waals surface area contributed by atoms with E-state index in [-0.39, 0.29) is 6.04 Å². The third kappa shape index (κ3) is 2.44. The van der Waals surface area contributed by atoms with Crippen molar-refractivity contribution in [3.63, 3.8) is 0 Å². The molecular weight excluding hydrogens is 166 g/mol. The van der Waals surface area contributed by atoms with Gasteiger partial charge in [0, 0.05) is 6.04 Å². The Morgan fingerprint density at radius 1 is 1.62 bits per heavy atom. The van der Waals surface area contributed by atoms with E-state index in [1.165, 1.54) is 12.8 Å². The minimum Gasteiger partial charge on any atom is -0.480 e. The molecule has 2 unspecified atom stereocenters. The summed E-state index contributed by atoms with van der Waals surface area (Å²) in [6.45, 7) is 4.05. The third-order valence-electron chi connectivity index (χ3n) is 3.11. The maximum atomic E-state index is 10.9. The summed E-state index contributed by atoms with van der Waals surface area (Å²) in [5.74, 6) is 0.0379. The van der Waals surface area contributed by atoms with Crippen LogP contribution in [0.25, 0.3) is 0 Å².